The van der Waals surface area contributed by atoms with E-state index in [-0.39, 0.29) is 5.91 Å². The van der Waals surface area contributed by atoms with E-state index in [0.29, 0.717) is 31.0 Å². The van der Waals surface area contributed by atoms with Gasteiger partial charge in [-0.15, -0.1) is 0 Å². The molecule has 1 aliphatic carbocycles. The van der Waals surface area contributed by atoms with Gasteiger partial charge in [-0.05, 0) is 43.9 Å². The average Bonchev–Trinajstić information content (AvgIpc) is 2.45. The molecule has 1 atom stereocenters. The van der Waals surface area contributed by atoms with Crippen LogP contribution in [0.2, 0.25) is 0 Å². The monoisotopic (exact) mass is 326 g/mol. The lowest BCUT2D eigenvalue weighted by Gasteiger charge is -2.46. The molecule has 0 bridgehead atoms. The largest absolute Gasteiger partial charge is 0.389 e. The zero-order valence-electron chi connectivity index (χ0n) is 15.4. The van der Waals surface area contributed by atoms with Gasteiger partial charge in [0.05, 0.1) is 12.2 Å². The first kappa shape index (κ1) is 18.7. The van der Waals surface area contributed by atoms with Gasteiger partial charge >= 0.3 is 0 Å². The van der Waals surface area contributed by atoms with E-state index >= 15 is 0 Å². The zero-order valence-corrected chi connectivity index (χ0v) is 15.4. The Morgan fingerprint density at radius 1 is 1.35 bits per heavy atom. The van der Waals surface area contributed by atoms with Crippen LogP contribution in [-0.4, -0.2) is 60.4 Å². The van der Waals surface area contributed by atoms with Crippen molar-refractivity contribution >= 4 is 5.91 Å². The molecule has 0 radical (unpaired) electrons. The van der Waals surface area contributed by atoms with Crippen molar-refractivity contribution in [2.24, 2.45) is 11.3 Å². The first-order chi connectivity index (χ1) is 10.6. The van der Waals surface area contributed by atoms with Crippen LogP contribution in [0.15, 0.2) is 0 Å². The average molecular weight is 326 g/mol. The zero-order chi connectivity index (χ0) is 17.3. The van der Waals surface area contributed by atoms with Crippen molar-refractivity contribution in [2.45, 2.75) is 64.6 Å². The molecule has 134 valence electrons. The van der Waals surface area contributed by atoms with E-state index < -0.39 is 11.2 Å². The predicted molar refractivity (Wildman–Crippen MR) is 91.2 cm³/mol. The van der Waals surface area contributed by atoms with E-state index in [1.807, 2.05) is 6.92 Å². The molecule has 0 spiro atoms. The van der Waals surface area contributed by atoms with E-state index in [1.54, 1.807) is 7.05 Å². The number of carbonyl (C=O) groups excluding carboxylic acids is 1. The van der Waals surface area contributed by atoms with E-state index in [1.165, 1.54) is 0 Å². The minimum Gasteiger partial charge on any atom is -0.389 e. The molecular weight excluding hydrogens is 292 g/mol. The van der Waals surface area contributed by atoms with Gasteiger partial charge < -0.3 is 15.2 Å². The highest BCUT2D eigenvalue weighted by molar-refractivity contribution is 5.84. The molecule has 0 aromatic heterocycles. The Morgan fingerprint density at radius 3 is 2.48 bits per heavy atom. The van der Waals surface area contributed by atoms with Gasteiger partial charge in [0, 0.05) is 26.7 Å². The molecule has 5 nitrogen and oxygen atoms in total. The van der Waals surface area contributed by atoms with E-state index in [2.05, 4.69) is 31.0 Å². The van der Waals surface area contributed by atoms with Gasteiger partial charge in [0.1, 0.15) is 0 Å². The van der Waals surface area contributed by atoms with Crippen LogP contribution in [0, 0.1) is 11.3 Å². The van der Waals surface area contributed by atoms with Crippen LogP contribution >= 0.6 is 0 Å². The van der Waals surface area contributed by atoms with Gasteiger partial charge in [0.15, 0.2) is 5.60 Å². The number of nitrogens with one attached hydrogen (secondary N) is 1. The van der Waals surface area contributed by atoms with Crippen LogP contribution in [0.25, 0.3) is 0 Å². The van der Waals surface area contributed by atoms with Crippen molar-refractivity contribution in [1.29, 1.82) is 0 Å². The standard InChI is InChI=1S/C18H34N2O3/c1-16(2,3)14-6-8-18(22,9-7-14)13-20-10-11-23-17(4,12-20)15(21)19-5/h14,22H,6-13H2,1-5H3,(H,19,21). The lowest BCUT2D eigenvalue weighted by Crippen LogP contribution is -2.60. The van der Waals surface area contributed by atoms with Crippen molar-refractivity contribution in [3.8, 4) is 0 Å². The Labute approximate surface area is 140 Å². The normalized spacial score (nSPS) is 36.7. The molecule has 1 saturated carbocycles. The Balaban J connectivity index is 1.93. The molecule has 23 heavy (non-hydrogen) atoms. The Kier molecular flexibility index (Phi) is 5.44. The number of rotatable bonds is 3. The molecule has 0 aromatic rings. The highest BCUT2D eigenvalue weighted by atomic mass is 16.5. The van der Waals surface area contributed by atoms with Crippen LogP contribution in [0.3, 0.4) is 0 Å². The quantitative estimate of drug-likeness (QED) is 0.830. The third-order valence-electron chi connectivity index (χ3n) is 5.72. The van der Waals surface area contributed by atoms with E-state index in [9.17, 15) is 9.90 Å². The van der Waals surface area contributed by atoms with Gasteiger partial charge in [-0.3, -0.25) is 9.69 Å². The summed E-state index contributed by atoms with van der Waals surface area (Å²) in [5.74, 6) is 0.592. The van der Waals surface area contributed by atoms with Gasteiger partial charge in [0.2, 0.25) is 0 Å². The summed E-state index contributed by atoms with van der Waals surface area (Å²) in [6.45, 7) is 11.2. The molecular formula is C18H34N2O3. The number of likely N-dealkylation sites (N-methyl/N-ethyl adjacent to an activating group) is 1. The van der Waals surface area contributed by atoms with Gasteiger partial charge in [-0.25, -0.2) is 0 Å². The smallest absolute Gasteiger partial charge is 0.253 e. The lowest BCUT2D eigenvalue weighted by molar-refractivity contribution is -0.160. The number of morpholine rings is 1. The van der Waals surface area contributed by atoms with Crippen molar-refractivity contribution < 1.29 is 14.6 Å². The first-order valence-corrected chi connectivity index (χ1v) is 8.89. The maximum absolute atomic E-state index is 12.0. The van der Waals surface area contributed by atoms with E-state index in [0.717, 1.165) is 32.2 Å². The molecule has 1 unspecified atom stereocenters. The summed E-state index contributed by atoms with van der Waals surface area (Å²) in [7, 11) is 1.64. The lowest BCUT2D eigenvalue weighted by atomic mass is 9.68. The predicted octanol–water partition coefficient (Wildman–Crippen LogP) is 1.79. The maximum atomic E-state index is 12.0. The third kappa shape index (κ3) is 4.46. The Bertz CT molecular complexity index is 424. The molecule has 2 aliphatic rings. The van der Waals surface area contributed by atoms with Crippen molar-refractivity contribution in [2.75, 3.05) is 33.3 Å². The van der Waals surface area contributed by atoms with Crippen molar-refractivity contribution in [1.82, 2.24) is 10.2 Å². The third-order valence-corrected chi connectivity index (χ3v) is 5.72. The van der Waals surface area contributed by atoms with Crippen LogP contribution < -0.4 is 5.32 Å². The Hall–Kier alpha value is -0.650. The SMILES string of the molecule is CNC(=O)C1(C)CN(CC2(O)CCC(C(C)(C)C)CC2)CCO1. The van der Waals surface area contributed by atoms with Crippen LogP contribution in [0.5, 0.6) is 0 Å². The second kappa shape index (κ2) is 6.69. The van der Waals surface area contributed by atoms with E-state index in [4.69, 9.17) is 4.74 Å². The van der Waals surface area contributed by atoms with Crippen molar-refractivity contribution in [3.05, 3.63) is 0 Å². The topological polar surface area (TPSA) is 61.8 Å². The van der Waals surface area contributed by atoms with Crippen molar-refractivity contribution in [3.63, 3.8) is 0 Å². The van der Waals surface area contributed by atoms with Gasteiger partial charge in [-0.2, -0.15) is 0 Å². The maximum Gasteiger partial charge on any atom is 0.253 e. The molecule has 2 fully saturated rings. The molecule has 2 N–H and O–H groups in total. The number of amides is 1. The Morgan fingerprint density at radius 2 is 1.96 bits per heavy atom. The molecule has 0 aromatic carbocycles. The highest BCUT2D eigenvalue weighted by Gasteiger charge is 2.43. The number of aliphatic hydroxyl groups is 1. The number of ether oxygens (including phenoxy) is 1. The minimum absolute atomic E-state index is 0.0920. The first-order valence-electron chi connectivity index (χ1n) is 8.89. The molecule has 1 aliphatic heterocycles. The second-order valence-corrected chi connectivity index (χ2v) is 8.73. The van der Waals surface area contributed by atoms with Crippen LogP contribution in [0.4, 0.5) is 0 Å². The fourth-order valence-corrected chi connectivity index (χ4v) is 4.08. The van der Waals surface area contributed by atoms with Gasteiger partial charge in [-0.1, -0.05) is 20.8 Å². The number of hydrogen-bond donors (Lipinski definition) is 2. The molecule has 1 saturated heterocycles. The summed E-state index contributed by atoms with van der Waals surface area (Å²) in [6.07, 6.45) is 3.86. The number of β-amino-alcohol motifs (C(OH)–C–C–N with tert-alkyl or cyclic N) is 1. The second-order valence-electron chi connectivity index (χ2n) is 8.73. The molecule has 5 heteroatoms. The fraction of sp³-hybridized carbons (Fsp3) is 0.944. The highest BCUT2D eigenvalue weighted by Crippen LogP contribution is 2.41. The summed E-state index contributed by atoms with van der Waals surface area (Å²) >= 11 is 0. The summed E-state index contributed by atoms with van der Waals surface area (Å²) in [5, 5.41) is 13.7. The summed E-state index contributed by atoms with van der Waals surface area (Å²) in [6, 6.07) is 0. The number of hydrogen-bond acceptors (Lipinski definition) is 4. The number of nitrogens with zero attached hydrogens (tertiary/aromatic N) is 1. The minimum atomic E-state index is -0.814. The molecule has 2 rings (SSSR count). The summed E-state index contributed by atoms with van der Waals surface area (Å²) < 4.78 is 5.70. The number of carbonyl (C=O) groups is 1. The molecule has 1 heterocycles. The fourth-order valence-electron chi connectivity index (χ4n) is 4.08. The van der Waals surface area contributed by atoms with Crippen LogP contribution in [0.1, 0.15) is 53.4 Å². The summed E-state index contributed by atoms with van der Waals surface area (Å²) in [5.41, 5.74) is -1.12. The summed E-state index contributed by atoms with van der Waals surface area (Å²) in [4.78, 5) is 14.2. The molecule has 1 amide bonds. The van der Waals surface area contributed by atoms with Crippen LogP contribution in [-0.2, 0) is 9.53 Å². The van der Waals surface area contributed by atoms with Gasteiger partial charge in [0.25, 0.3) is 5.91 Å².